The molecule has 0 aliphatic carbocycles. The number of rotatable bonds is 3. The number of hydrogen-bond acceptors (Lipinski definition) is 5. The molecule has 0 unspecified atom stereocenters. The number of carbonyl (C=O) groups excluding carboxylic acids is 1. The van der Waals surface area contributed by atoms with Gasteiger partial charge < -0.3 is 10.1 Å². The van der Waals surface area contributed by atoms with Crippen LogP contribution in [0.5, 0.6) is 0 Å². The van der Waals surface area contributed by atoms with Crippen LogP contribution in [0, 0.1) is 11.3 Å². The van der Waals surface area contributed by atoms with Crippen LogP contribution in [0.15, 0.2) is 36.3 Å². The van der Waals surface area contributed by atoms with Gasteiger partial charge in [0, 0.05) is 24.3 Å². The second kappa shape index (κ2) is 5.40. The third kappa shape index (κ3) is 3.12. The van der Waals surface area contributed by atoms with Gasteiger partial charge in [-0.2, -0.15) is 5.26 Å². The summed E-state index contributed by atoms with van der Waals surface area (Å²) in [6.07, 6.45) is 4.49. The summed E-state index contributed by atoms with van der Waals surface area (Å²) < 4.78 is 4.41. The van der Waals surface area contributed by atoms with Gasteiger partial charge in [-0.25, -0.2) is 4.79 Å². The number of aromatic nitrogens is 1. The van der Waals surface area contributed by atoms with E-state index in [0.717, 1.165) is 5.69 Å². The summed E-state index contributed by atoms with van der Waals surface area (Å²) in [6.45, 7) is 0. The Kier molecular flexibility index (Phi) is 3.86. The number of hydrogen-bond donors (Lipinski definition) is 1. The molecule has 0 amide bonds. The molecular formula is C10H9N3O2. The van der Waals surface area contributed by atoms with E-state index in [2.05, 4.69) is 15.0 Å². The molecule has 1 heterocycles. The molecule has 1 aromatic heterocycles. The highest BCUT2D eigenvalue weighted by atomic mass is 16.5. The molecule has 0 radical (unpaired) electrons. The number of carbonyl (C=O) groups is 1. The molecule has 0 saturated heterocycles. The highest BCUT2D eigenvalue weighted by Crippen LogP contribution is 2.04. The zero-order chi connectivity index (χ0) is 11.1. The van der Waals surface area contributed by atoms with Crippen molar-refractivity contribution in [2.24, 2.45) is 0 Å². The summed E-state index contributed by atoms with van der Waals surface area (Å²) in [5.74, 6) is -0.668. The lowest BCUT2D eigenvalue weighted by Gasteiger charge is -2.00. The Morgan fingerprint density at radius 1 is 1.60 bits per heavy atom. The van der Waals surface area contributed by atoms with E-state index in [1.165, 1.54) is 13.3 Å². The van der Waals surface area contributed by atoms with E-state index in [1.807, 2.05) is 0 Å². The molecule has 0 aromatic carbocycles. The number of pyridine rings is 1. The van der Waals surface area contributed by atoms with Crippen molar-refractivity contribution in [3.05, 3.63) is 36.3 Å². The monoisotopic (exact) mass is 203 g/mol. The van der Waals surface area contributed by atoms with E-state index in [9.17, 15) is 4.79 Å². The lowest BCUT2D eigenvalue weighted by molar-refractivity contribution is -0.135. The van der Waals surface area contributed by atoms with E-state index in [0.29, 0.717) is 0 Å². The highest BCUT2D eigenvalue weighted by molar-refractivity contribution is 5.92. The van der Waals surface area contributed by atoms with Crippen LogP contribution in [-0.2, 0) is 9.53 Å². The molecule has 5 heteroatoms. The zero-order valence-electron chi connectivity index (χ0n) is 8.10. The minimum Gasteiger partial charge on any atom is -0.465 e. The zero-order valence-corrected chi connectivity index (χ0v) is 8.10. The van der Waals surface area contributed by atoms with Gasteiger partial charge in [-0.3, -0.25) is 4.98 Å². The molecule has 0 aliphatic heterocycles. The minimum atomic E-state index is -0.668. The summed E-state index contributed by atoms with van der Waals surface area (Å²) in [5, 5.41) is 11.4. The lowest BCUT2D eigenvalue weighted by atomic mass is 10.3. The molecule has 5 nitrogen and oxygen atoms in total. The van der Waals surface area contributed by atoms with Crippen LogP contribution in [0.1, 0.15) is 0 Å². The Balaban J connectivity index is 2.72. The Morgan fingerprint density at radius 2 is 2.27 bits per heavy atom. The standard InChI is InChI=1S/C10H9N3O2/c1-15-10(14)8(6-11)7-13-9-2-4-12-5-3-9/h2-5,7H,1H3,(H,12,13). The first-order chi connectivity index (χ1) is 7.27. The summed E-state index contributed by atoms with van der Waals surface area (Å²) in [5.41, 5.74) is 0.649. The van der Waals surface area contributed by atoms with Crippen molar-refractivity contribution in [1.29, 1.82) is 5.26 Å². The van der Waals surface area contributed by atoms with E-state index < -0.39 is 5.97 Å². The van der Waals surface area contributed by atoms with E-state index in [4.69, 9.17) is 5.26 Å². The van der Waals surface area contributed by atoms with Gasteiger partial charge in [0.2, 0.25) is 0 Å². The normalized spacial score (nSPS) is 10.3. The fourth-order valence-corrected chi connectivity index (χ4v) is 0.850. The summed E-state index contributed by atoms with van der Waals surface area (Å²) in [4.78, 5) is 14.8. The van der Waals surface area contributed by atoms with Gasteiger partial charge >= 0.3 is 5.97 Å². The van der Waals surface area contributed by atoms with E-state index in [1.54, 1.807) is 30.6 Å². The molecule has 1 rings (SSSR count). The molecule has 0 atom stereocenters. The number of nitrogens with zero attached hydrogens (tertiary/aromatic N) is 2. The van der Waals surface area contributed by atoms with Crippen LogP contribution >= 0.6 is 0 Å². The predicted octanol–water partition coefficient (Wildman–Crippen LogP) is 1.07. The molecular weight excluding hydrogens is 194 g/mol. The van der Waals surface area contributed by atoms with Crippen LogP contribution in [0.25, 0.3) is 0 Å². The van der Waals surface area contributed by atoms with Crippen LogP contribution in [-0.4, -0.2) is 18.1 Å². The molecule has 0 aliphatic rings. The van der Waals surface area contributed by atoms with Gasteiger partial charge in [-0.05, 0) is 12.1 Å². The fraction of sp³-hybridized carbons (Fsp3) is 0.100. The average Bonchev–Trinajstić information content (AvgIpc) is 2.31. The largest absolute Gasteiger partial charge is 0.465 e. The number of anilines is 1. The van der Waals surface area contributed by atoms with Gasteiger partial charge in [-0.1, -0.05) is 0 Å². The van der Waals surface area contributed by atoms with E-state index in [-0.39, 0.29) is 5.57 Å². The number of esters is 1. The molecule has 0 saturated carbocycles. The quantitative estimate of drug-likeness (QED) is 0.452. The van der Waals surface area contributed by atoms with Gasteiger partial charge in [0.15, 0.2) is 5.57 Å². The molecule has 1 N–H and O–H groups in total. The van der Waals surface area contributed by atoms with Crippen molar-refractivity contribution >= 4 is 11.7 Å². The SMILES string of the molecule is COC(=O)C(C#N)=CNc1ccncc1. The van der Waals surface area contributed by atoms with Crippen LogP contribution < -0.4 is 5.32 Å². The third-order valence-electron chi connectivity index (χ3n) is 1.59. The number of ether oxygens (including phenoxy) is 1. The second-order valence-corrected chi connectivity index (χ2v) is 2.54. The first kappa shape index (κ1) is 10.7. The molecule has 0 spiro atoms. The molecule has 15 heavy (non-hydrogen) atoms. The topological polar surface area (TPSA) is 75.0 Å². The molecule has 0 bridgehead atoms. The van der Waals surface area contributed by atoms with Crippen LogP contribution in [0.2, 0.25) is 0 Å². The van der Waals surface area contributed by atoms with Gasteiger partial charge in [0.25, 0.3) is 0 Å². The maximum atomic E-state index is 11.0. The Bertz CT molecular complexity index is 406. The third-order valence-corrected chi connectivity index (χ3v) is 1.59. The van der Waals surface area contributed by atoms with Crippen molar-refractivity contribution in [3.63, 3.8) is 0 Å². The highest BCUT2D eigenvalue weighted by Gasteiger charge is 2.07. The van der Waals surface area contributed by atoms with E-state index >= 15 is 0 Å². The van der Waals surface area contributed by atoms with Crippen LogP contribution in [0.3, 0.4) is 0 Å². The predicted molar refractivity (Wildman–Crippen MR) is 53.6 cm³/mol. The first-order valence-electron chi connectivity index (χ1n) is 4.13. The van der Waals surface area contributed by atoms with Crippen molar-refractivity contribution < 1.29 is 9.53 Å². The van der Waals surface area contributed by atoms with Gasteiger partial charge in [0.1, 0.15) is 6.07 Å². The lowest BCUT2D eigenvalue weighted by Crippen LogP contribution is -2.05. The summed E-state index contributed by atoms with van der Waals surface area (Å²) >= 11 is 0. The maximum Gasteiger partial charge on any atom is 0.350 e. The van der Waals surface area contributed by atoms with Crippen molar-refractivity contribution in [2.75, 3.05) is 12.4 Å². The number of nitrogens with one attached hydrogen (secondary N) is 1. The summed E-state index contributed by atoms with van der Waals surface area (Å²) in [6, 6.07) is 5.15. The molecule has 1 aromatic rings. The van der Waals surface area contributed by atoms with Crippen molar-refractivity contribution in [1.82, 2.24) is 4.98 Å². The Hall–Kier alpha value is -2.35. The van der Waals surface area contributed by atoms with Crippen LogP contribution in [0.4, 0.5) is 5.69 Å². The van der Waals surface area contributed by atoms with Gasteiger partial charge in [0.05, 0.1) is 7.11 Å². The van der Waals surface area contributed by atoms with Crippen molar-refractivity contribution in [2.45, 2.75) is 0 Å². The molecule has 76 valence electrons. The molecule has 0 fully saturated rings. The summed E-state index contributed by atoms with van der Waals surface area (Å²) in [7, 11) is 1.22. The second-order valence-electron chi connectivity index (χ2n) is 2.54. The fourth-order valence-electron chi connectivity index (χ4n) is 0.850. The van der Waals surface area contributed by atoms with Gasteiger partial charge in [-0.15, -0.1) is 0 Å². The average molecular weight is 203 g/mol. The Labute approximate surface area is 87.0 Å². The first-order valence-corrected chi connectivity index (χ1v) is 4.13. The smallest absolute Gasteiger partial charge is 0.350 e. The number of nitriles is 1. The number of methoxy groups -OCH3 is 1. The minimum absolute atomic E-state index is 0.0886. The van der Waals surface area contributed by atoms with Crippen molar-refractivity contribution in [3.8, 4) is 6.07 Å². The maximum absolute atomic E-state index is 11.0. The Morgan fingerprint density at radius 3 is 2.80 bits per heavy atom.